The summed E-state index contributed by atoms with van der Waals surface area (Å²) in [5.41, 5.74) is 0.994. The second-order valence-electron chi connectivity index (χ2n) is 3.91. The number of amides is 1. The van der Waals surface area contributed by atoms with Crippen LogP contribution in [0.5, 0.6) is 0 Å². The third-order valence-corrected chi connectivity index (χ3v) is 4.01. The molecular weight excluding hydrogens is 284 g/mol. The number of hydrogen-bond acceptors (Lipinski definition) is 6. The minimum Gasteiger partial charge on any atom is -0.465 e. The summed E-state index contributed by atoms with van der Waals surface area (Å²) >= 11 is 3.10. The highest BCUT2D eigenvalue weighted by Crippen LogP contribution is 2.15. The van der Waals surface area contributed by atoms with Gasteiger partial charge in [0, 0.05) is 18.2 Å². The van der Waals surface area contributed by atoms with Crippen LogP contribution < -0.4 is 0 Å². The number of hydrogen-bond donors (Lipinski definition) is 0. The number of likely N-dealkylation sites (N-methyl/N-ethyl adjacent to an activating group) is 1. The zero-order valence-corrected chi connectivity index (χ0v) is 13.0. The van der Waals surface area contributed by atoms with Crippen LogP contribution >= 0.6 is 23.1 Å². The van der Waals surface area contributed by atoms with Gasteiger partial charge in [0.05, 0.1) is 23.1 Å². The van der Waals surface area contributed by atoms with E-state index in [1.807, 2.05) is 12.3 Å². The SMILES string of the molecule is CCOC(=O)CN(C)C(=O)CSCc1csc(C)n1. The Hall–Kier alpha value is -1.08. The van der Waals surface area contributed by atoms with Gasteiger partial charge in [0.1, 0.15) is 6.54 Å². The Morgan fingerprint density at radius 2 is 2.26 bits per heavy atom. The van der Waals surface area contributed by atoms with E-state index in [0.29, 0.717) is 18.1 Å². The van der Waals surface area contributed by atoms with Crippen LogP contribution in [0.15, 0.2) is 5.38 Å². The molecule has 5 nitrogen and oxygen atoms in total. The smallest absolute Gasteiger partial charge is 0.325 e. The molecule has 0 saturated carbocycles. The largest absolute Gasteiger partial charge is 0.465 e. The second kappa shape index (κ2) is 8.16. The Morgan fingerprint density at radius 1 is 1.53 bits per heavy atom. The van der Waals surface area contributed by atoms with Crippen LogP contribution in [-0.2, 0) is 20.1 Å². The number of carbonyl (C=O) groups is 2. The standard InChI is InChI=1S/C12H18N2O3S2/c1-4-17-12(16)5-14(3)11(15)8-18-6-10-7-19-9(2)13-10/h7H,4-6,8H2,1-3H3. The van der Waals surface area contributed by atoms with Crippen molar-refractivity contribution in [3.63, 3.8) is 0 Å². The highest BCUT2D eigenvalue weighted by Gasteiger charge is 2.13. The fraction of sp³-hybridized carbons (Fsp3) is 0.583. The maximum absolute atomic E-state index is 11.8. The van der Waals surface area contributed by atoms with Crippen molar-refractivity contribution in [2.45, 2.75) is 19.6 Å². The van der Waals surface area contributed by atoms with Crippen molar-refractivity contribution in [1.29, 1.82) is 0 Å². The fourth-order valence-electron chi connectivity index (χ4n) is 1.32. The molecule has 0 atom stereocenters. The maximum Gasteiger partial charge on any atom is 0.325 e. The molecular formula is C12H18N2O3S2. The molecule has 0 fully saturated rings. The normalized spacial score (nSPS) is 10.3. The minimum atomic E-state index is -0.376. The lowest BCUT2D eigenvalue weighted by Gasteiger charge is -2.15. The molecule has 0 spiro atoms. The van der Waals surface area contributed by atoms with Crippen LogP contribution in [0.4, 0.5) is 0 Å². The van der Waals surface area contributed by atoms with Gasteiger partial charge in [0.2, 0.25) is 5.91 Å². The first kappa shape index (κ1) is 16.0. The lowest BCUT2D eigenvalue weighted by atomic mass is 10.5. The van der Waals surface area contributed by atoms with E-state index in [1.165, 1.54) is 16.7 Å². The molecule has 1 rings (SSSR count). The van der Waals surface area contributed by atoms with Crippen LogP contribution in [0.25, 0.3) is 0 Å². The number of esters is 1. The Balaban J connectivity index is 2.24. The van der Waals surface area contributed by atoms with Gasteiger partial charge in [-0.3, -0.25) is 9.59 Å². The summed E-state index contributed by atoms with van der Waals surface area (Å²) < 4.78 is 4.79. The quantitative estimate of drug-likeness (QED) is 0.718. The van der Waals surface area contributed by atoms with Crippen molar-refractivity contribution in [3.8, 4) is 0 Å². The molecule has 1 aromatic rings. The molecule has 0 N–H and O–H groups in total. The summed E-state index contributed by atoms with van der Waals surface area (Å²) in [5, 5.41) is 3.02. The van der Waals surface area contributed by atoms with E-state index >= 15 is 0 Å². The van der Waals surface area contributed by atoms with Gasteiger partial charge in [-0.2, -0.15) is 0 Å². The summed E-state index contributed by atoms with van der Waals surface area (Å²) in [5.74, 6) is 0.596. The summed E-state index contributed by atoms with van der Waals surface area (Å²) in [6.07, 6.45) is 0. The summed E-state index contributed by atoms with van der Waals surface area (Å²) in [4.78, 5) is 28.7. The van der Waals surface area contributed by atoms with Gasteiger partial charge in [-0.15, -0.1) is 23.1 Å². The van der Waals surface area contributed by atoms with Gasteiger partial charge in [0.25, 0.3) is 0 Å². The summed E-state index contributed by atoms with van der Waals surface area (Å²) in [6.45, 7) is 4.03. The molecule has 0 aliphatic carbocycles. The molecule has 0 aliphatic rings. The number of rotatable bonds is 7. The molecule has 106 valence electrons. The first-order valence-corrected chi connectivity index (χ1v) is 7.94. The van der Waals surface area contributed by atoms with Crippen molar-refractivity contribution in [2.24, 2.45) is 0 Å². The molecule has 0 radical (unpaired) electrons. The number of nitrogens with zero attached hydrogens (tertiary/aromatic N) is 2. The minimum absolute atomic E-state index is 0.00302. The Kier molecular flexibility index (Phi) is 6.86. The average molecular weight is 302 g/mol. The Bertz CT molecular complexity index is 434. The van der Waals surface area contributed by atoms with Gasteiger partial charge in [-0.25, -0.2) is 4.98 Å². The number of thiazole rings is 1. The lowest BCUT2D eigenvalue weighted by molar-refractivity contribution is -0.147. The number of ether oxygens (including phenoxy) is 1. The average Bonchev–Trinajstić information content (AvgIpc) is 2.75. The molecule has 0 aromatic carbocycles. The summed E-state index contributed by atoms with van der Waals surface area (Å²) in [7, 11) is 1.60. The fourth-order valence-corrected chi connectivity index (χ4v) is 2.89. The molecule has 1 aromatic heterocycles. The zero-order chi connectivity index (χ0) is 14.3. The van der Waals surface area contributed by atoms with E-state index in [4.69, 9.17) is 4.74 Å². The lowest BCUT2D eigenvalue weighted by Crippen LogP contribution is -2.34. The van der Waals surface area contributed by atoms with Crippen molar-refractivity contribution in [1.82, 2.24) is 9.88 Å². The number of aromatic nitrogens is 1. The highest BCUT2D eigenvalue weighted by molar-refractivity contribution is 7.99. The van der Waals surface area contributed by atoms with Crippen molar-refractivity contribution >= 4 is 35.0 Å². The molecule has 0 bridgehead atoms. The van der Waals surface area contributed by atoms with Crippen molar-refractivity contribution in [3.05, 3.63) is 16.1 Å². The van der Waals surface area contributed by atoms with Gasteiger partial charge in [0.15, 0.2) is 0 Å². The molecule has 1 amide bonds. The van der Waals surface area contributed by atoms with Gasteiger partial charge < -0.3 is 9.64 Å². The third kappa shape index (κ3) is 6.07. The number of thioether (sulfide) groups is 1. The zero-order valence-electron chi connectivity index (χ0n) is 11.3. The van der Waals surface area contributed by atoms with Crippen LogP contribution in [0.1, 0.15) is 17.6 Å². The molecule has 7 heteroatoms. The molecule has 0 aliphatic heterocycles. The first-order valence-electron chi connectivity index (χ1n) is 5.91. The molecule has 1 heterocycles. The van der Waals surface area contributed by atoms with Crippen LogP contribution in [0.2, 0.25) is 0 Å². The number of carbonyl (C=O) groups excluding carboxylic acids is 2. The van der Waals surface area contributed by atoms with Gasteiger partial charge in [-0.05, 0) is 13.8 Å². The van der Waals surface area contributed by atoms with Gasteiger partial charge in [-0.1, -0.05) is 0 Å². The van der Waals surface area contributed by atoms with Crippen LogP contribution in [0, 0.1) is 6.92 Å². The molecule has 0 unspecified atom stereocenters. The van der Waals surface area contributed by atoms with Crippen molar-refractivity contribution < 1.29 is 14.3 Å². The highest BCUT2D eigenvalue weighted by atomic mass is 32.2. The second-order valence-corrected chi connectivity index (χ2v) is 5.95. The predicted molar refractivity (Wildman–Crippen MR) is 77.3 cm³/mol. The molecule has 19 heavy (non-hydrogen) atoms. The predicted octanol–water partition coefficient (Wildman–Crippen LogP) is 1.71. The van der Waals surface area contributed by atoms with E-state index in [2.05, 4.69) is 4.98 Å². The third-order valence-electron chi connectivity index (χ3n) is 2.24. The van der Waals surface area contributed by atoms with Crippen LogP contribution in [0.3, 0.4) is 0 Å². The van der Waals surface area contributed by atoms with E-state index in [-0.39, 0.29) is 18.4 Å². The van der Waals surface area contributed by atoms with Crippen molar-refractivity contribution in [2.75, 3.05) is 26.0 Å². The van der Waals surface area contributed by atoms with E-state index < -0.39 is 0 Å². The van der Waals surface area contributed by atoms with Crippen LogP contribution in [-0.4, -0.2) is 47.7 Å². The Labute approximate surface area is 121 Å². The number of aryl methyl sites for hydroxylation is 1. The monoisotopic (exact) mass is 302 g/mol. The Morgan fingerprint density at radius 3 is 2.84 bits per heavy atom. The van der Waals surface area contributed by atoms with E-state index in [9.17, 15) is 9.59 Å². The molecule has 0 saturated heterocycles. The van der Waals surface area contributed by atoms with E-state index in [1.54, 1.807) is 25.3 Å². The van der Waals surface area contributed by atoms with Gasteiger partial charge >= 0.3 is 5.97 Å². The van der Waals surface area contributed by atoms with E-state index in [0.717, 1.165) is 10.7 Å². The first-order chi connectivity index (χ1) is 9.02. The maximum atomic E-state index is 11.8. The summed E-state index contributed by atoms with van der Waals surface area (Å²) in [6, 6.07) is 0. The topological polar surface area (TPSA) is 59.5 Å².